The molecule has 15 heavy (non-hydrogen) atoms. The molecule has 3 N–H and O–H groups in total. The van der Waals surface area contributed by atoms with Crippen molar-refractivity contribution in [1.29, 1.82) is 0 Å². The van der Waals surface area contributed by atoms with Crippen molar-refractivity contribution in [1.82, 2.24) is 10.2 Å². The maximum Gasteiger partial charge on any atom is 0.153 e. The molecule has 2 rings (SSSR count). The Labute approximate surface area is 86.0 Å². The minimum Gasteiger partial charge on any atom is -0.382 e. The van der Waals surface area contributed by atoms with Gasteiger partial charge in [0.05, 0.1) is 0 Å². The second kappa shape index (κ2) is 3.91. The molecule has 0 fully saturated rings. The average molecular weight is 204 g/mol. The molecule has 0 aliphatic carbocycles. The number of anilines is 3. The number of benzene rings is 1. The first-order chi connectivity index (χ1) is 7.24. The van der Waals surface area contributed by atoms with E-state index in [1.165, 1.54) is 12.1 Å². The third-order valence-electron chi connectivity index (χ3n) is 1.80. The van der Waals surface area contributed by atoms with E-state index in [2.05, 4.69) is 15.5 Å². The third-order valence-corrected chi connectivity index (χ3v) is 1.80. The van der Waals surface area contributed by atoms with E-state index in [0.29, 0.717) is 11.6 Å². The Morgan fingerprint density at radius 1 is 1.00 bits per heavy atom. The van der Waals surface area contributed by atoms with Crippen LogP contribution < -0.4 is 11.1 Å². The summed E-state index contributed by atoms with van der Waals surface area (Å²) in [5.74, 6) is 0.652. The molecule has 0 saturated heterocycles. The molecule has 0 radical (unpaired) electrons. The summed E-state index contributed by atoms with van der Waals surface area (Å²) in [4.78, 5) is 0. The lowest BCUT2D eigenvalue weighted by atomic mass is 10.3. The van der Waals surface area contributed by atoms with Crippen molar-refractivity contribution in [3.63, 3.8) is 0 Å². The lowest BCUT2D eigenvalue weighted by Gasteiger charge is -2.03. The lowest BCUT2D eigenvalue weighted by molar-refractivity contribution is 0.628. The van der Waals surface area contributed by atoms with Gasteiger partial charge in [0.25, 0.3) is 0 Å². The second-order valence-electron chi connectivity index (χ2n) is 2.98. The Balaban J connectivity index is 2.15. The quantitative estimate of drug-likeness (QED) is 0.784. The summed E-state index contributed by atoms with van der Waals surface area (Å²) in [6.07, 6.45) is 0. The summed E-state index contributed by atoms with van der Waals surface area (Å²) < 4.78 is 12.6. The summed E-state index contributed by atoms with van der Waals surface area (Å²) in [6, 6.07) is 9.31. The molecular formula is C10H9FN4. The van der Waals surface area contributed by atoms with Crippen molar-refractivity contribution in [2.45, 2.75) is 0 Å². The smallest absolute Gasteiger partial charge is 0.153 e. The highest BCUT2D eigenvalue weighted by Crippen LogP contribution is 2.14. The number of aromatic nitrogens is 2. The van der Waals surface area contributed by atoms with E-state index < -0.39 is 0 Å². The average Bonchev–Trinajstić information content (AvgIpc) is 2.25. The molecule has 0 aliphatic rings. The molecule has 0 amide bonds. The van der Waals surface area contributed by atoms with Gasteiger partial charge in [0.2, 0.25) is 0 Å². The molecule has 2 aromatic rings. The Morgan fingerprint density at radius 3 is 2.33 bits per heavy atom. The van der Waals surface area contributed by atoms with Crippen molar-refractivity contribution >= 4 is 17.3 Å². The molecule has 76 valence electrons. The largest absolute Gasteiger partial charge is 0.382 e. The van der Waals surface area contributed by atoms with Crippen LogP contribution in [0.25, 0.3) is 0 Å². The number of hydrogen-bond acceptors (Lipinski definition) is 4. The standard InChI is InChI=1S/C10H9FN4/c11-7-1-3-8(4-2-7)13-10-6-5-9(12)14-15-10/h1-6H,(H2,12,14)(H,13,15). The summed E-state index contributed by atoms with van der Waals surface area (Å²) in [5.41, 5.74) is 6.13. The van der Waals surface area contributed by atoms with Crippen LogP contribution in [0.4, 0.5) is 21.7 Å². The maximum atomic E-state index is 12.6. The van der Waals surface area contributed by atoms with Gasteiger partial charge in [-0.2, -0.15) is 0 Å². The van der Waals surface area contributed by atoms with Gasteiger partial charge in [-0.25, -0.2) is 4.39 Å². The van der Waals surface area contributed by atoms with E-state index in [1.54, 1.807) is 24.3 Å². The van der Waals surface area contributed by atoms with E-state index in [9.17, 15) is 4.39 Å². The number of nitrogens with zero attached hydrogens (tertiary/aromatic N) is 2. The van der Waals surface area contributed by atoms with Gasteiger partial charge >= 0.3 is 0 Å². The second-order valence-corrected chi connectivity index (χ2v) is 2.98. The Bertz CT molecular complexity index is 394. The van der Waals surface area contributed by atoms with Crippen molar-refractivity contribution in [2.24, 2.45) is 0 Å². The fourth-order valence-corrected chi connectivity index (χ4v) is 1.09. The van der Waals surface area contributed by atoms with Gasteiger partial charge in [0, 0.05) is 5.69 Å². The van der Waals surface area contributed by atoms with Crippen LogP contribution in [0.5, 0.6) is 0 Å². The van der Waals surface area contributed by atoms with E-state index in [4.69, 9.17) is 5.73 Å². The van der Waals surface area contributed by atoms with Crippen LogP contribution in [-0.2, 0) is 0 Å². The van der Waals surface area contributed by atoms with Gasteiger partial charge in [-0.05, 0) is 36.4 Å². The normalized spacial score (nSPS) is 9.93. The van der Waals surface area contributed by atoms with Gasteiger partial charge in [-0.15, -0.1) is 10.2 Å². The number of nitrogens with one attached hydrogen (secondary N) is 1. The van der Waals surface area contributed by atoms with E-state index in [1.807, 2.05) is 0 Å². The molecule has 4 nitrogen and oxygen atoms in total. The highest BCUT2D eigenvalue weighted by molar-refractivity contribution is 5.55. The Kier molecular flexibility index (Phi) is 2.45. The first-order valence-corrected chi connectivity index (χ1v) is 4.36. The van der Waals surface area contributed by atoms with Crippen LogP contribution >= 0.6 is 0 Å². The topological polar surface area (TPSA) is 63.8 Å². The molecule has 0 atom stereocenters. The zero-order valence-corrected chi connectivity index (χ0v) is 7.81. The fourth-order valence-electron chi connectivity index (χ4n) is 1.09. The first-order valence-electron chi connectivity index (χ1n) is 4.36. The number of halogens is 1. The molecule has 0 aliphatic heterocycles. The minimum atomic E-state index is -0.274. The molecule has 0 spiro atoms. The van der Waals surface area contributed by atoms with Gasteiger partial charge in [-0.1, -0.05) is 0 Å². The van der Waals surface area contributed by atoms with Crippen LogP contribution in [-0.4, -0.2) is 10.2 Å². The summed E-state index contributed by atoms with van der Waals surface area (Å²) in [7, 11) is 0. The van der Waals surface area contributed by atoms with E-state index in [-0.39, 0.29) is 5.82 Å². The van der Waals surface area contributed by atoms with Crippen LogP contribution in [0.2, 0.25) is 0 Å². The highest BCUT2D eigenvalue weighted by Gasteiger charge is 1.96. The summed E-state index contributed by atoms with van der Waals surface area (Å²) in [6.45, 7) is 0. The zero-order valence-electron chi connectivity index (χ0n) is 7.81. The zero-order chi connectivity index (χ0) is 10.7. The molecule has 1 heterocycles. The lowest BCUT2D eigenvalue weighted by Crippen LogP contribution is -1.97. The van der Waals surface area contributed by atoms with Crippen molar-refractivity contribution < 1.29 is 4.39 Å². The predicted molar refractivity (Wildman–Crippen MR) is 56.1 cm³/mol. The molecule has 0 unspecified atom stereocenters. The summed E-state index contributed by atoms with van der Waals surface area (Å²) >= 11 is 0. The van der Waals surface area contributed by atoms with Crippen LogP contribution in [0, 0.1) is 5.82 Å². The third kappa shape index (κ3) is 2.40. The Hall–Kier alpha value is -2.17. The van der Waals surface area contributed by atoms with Crippen LogP contribution in [0.15, 0.2) is 36.4 Å². The van der Waals surface area contributed by atoms with Gasteiger partial charge in [0.1, 0.15) is 11.6 Å². The fraction of sp³-hybridized carbons (Fsp3) is 0. The van der Waals surface area contributed by atoms with Crippen molar-refractivity contribution in [3.8, 4) is 0 Å². The minimum absolute atomic E-state index is 0.274. The van der Waals surface area contributed by atoms with Crippen LogP contribution in [0.3, 0.4) is 0 Å². The number of hydrogen-bond donors (Lipinski definition) is 2. The van der Waals surface area contributed by atoms with Gasteiger partial charge in [0.15, 0.2) is 5.82 Å². The van der Waals surface area contributed by atoms with Crippen molar-refractivity contribution in [2.75, 3.05) is 11.1 Å². The van der Waals surface area contributed by atoms with Crippen LogP contribution in [0.1, 0.15) is 0 Å². The number of nitrogen functional groups attached to an aromatic ring is 1. The number of nitrogens with two attached hydrogens (primary N) is 1. The first kappa shape index (κ1) is 9.39. The molecule has 0 bridgehead atoms. The molecule has 5 heteroatoms. The van der Waals surface area contributed by atoms with Crippen molar-refractivity contribution in [3.05, 3.63) is 42.2 Å². The van der Waals surface area contributed by atoms with Gasteiger partial charge < -0.3 is 11.1 Å². The number of rotatable bonds is 2. The van der Waals surface area contributed by atoms with E-state index in [0.717, 1.165) is 5.69 Å². The molecular weight excluding hydrogens is 195 g/mol. The monoisotopic (exact) mass is 204 g/mol. The van der Waals surface area contributed by atoms with E-state index >= 15 is 0 Å². The predicted octanol–water partition coefficient (Wildman–Crippen LogP) is 1.94. The Morgan fingerprint density at radius 2 is 1.73 bits per heavy atom. The SMILES string of the molecule is Nc1ccc(Nc2ccc(F)cc2)nn1. The molecule has 1 aromatic carbocycles. The van der Waals surface area contributed by atoms with Gasteiger partial charge in [-0.3, -0.25) is 0 Å². The molecule has 0 saturated carbocycles. The summed E-state index contributed by atoms with van der Waals surface area (Å²) in [5, 5.41) is 10.5. The molecule has 1 aromatic heterocycles. The highest BCUT2D eigenvalue weighted by atomic mass is 19.1. The maximum absolute atomic E-state index is 12.6.